The van der Waals surface area contributed by atoms with Crippen LogP contribution in [0.5, 0.6) is 0 Å². The molecule has 1 heterocycles. The van der Waals surface area contributed by atoms with E-state index >= 15 is 0 Å². The van der Waals surface area contributed by atoms with Gasteiger partial charge in [-0.1, -0.05) is 17.7 Å². The van der Waals surface area contributed by atoms with Crippen LogP contribution in [-0.2, 0) is 4.79 Å². The van der Waals surface area contributed by atoms with Gasteiger partial charge in [-0.05, 0) is 12.1 Å². The molecule has 0 atom stereocenters. The first kappa shape index (κ1) is 12.2. The first-order chi connectivity index (χ1) is 8.56. The highest BCUT2D eigenvalue weighted by atomic mass is 16.7. The second-order valence-electron chi connectivity index (χ2n) is 3.55. The molecule has 0 saturated carbocycles. The molecule has 8 heteroatoms. The topological polar surface area (TPSA) is 110 Å². The standard InChI is InChI=1S/C10H9N3O5/c14-8(13(18)11-17)5-12-9(15)6-3-1-2-4-7(6)10(12)16/h1-4,11,17-18H,5H2. The first-order valence-electron chi connectivity index (χ1n) is 4.93. The van der Waals surface area contributed by atoms with E-state index in [1.54, 1.807) is 12.1 Å². The number of hydrogen-bond acceptors (Lipinski definition) is 6. The Kier molecular flexibility index (Phi) is 3.06. The number of hydrazine groups is 1. The van der Waals surface area contributed by atoms with Crippen LogP contribution in [0.2, 0.25) is 0 Å². The highest BCUT2D eigenvalue weighted by molar-refractivity contribution is 6.22. The number of carbonyl (C=O) groups excluding carboxylic acids is 3. The largest absolute Gasteiger partial charge is 0.295 e. The highest BCUT2D eigenvalue weighted by Gasteiger charge is 2.36. The van der Waals surface area contributed by atoms with Crippen molar-refractivity contribution in [3.05, 3.63) is 35.4 Å². The van der Waals surface area contributed by atoms with Gasteiger partial charge in [-0.3, -0.25) is 29.7 Å². The van der Waals surface area contributed by atoms with Crippen LogP contribution < -0.4 is 5.59 Å². The van der Waals surface area contributed by atoms with Crippen molar-refractivity contribution in [2.75, 3.05) is 6.54 Å². The fourth-order valence-corrected chi connectivity index (χ4v) is 1.64. The number of nitrogens with one attached hydrogen (secondary N) is 1. The van der Waals surface area contributed by atoms with E-state index in [9.17, 15) is 14.4 Å². The summed E-state index contributed by atoms with van der Waals surface area (Å²) in [6.07, 6.45) is 0. The Bertz CT molecular complexity index is 495. The molecule has 0 bridgehead atoms. The van der Waals surface area contributed by atoms with Crippen LogP contribution in [0.3, 0.4) is 0 Å². The van der Waals surface area contributed by atoms with Gasteiger partial charge < -0.3 is 0 Å². The van der Waals surface area contributed by atoms with Crippen molar-refractivity contribution < 1.29 is 24.8 Å². The second-order valence-corrected chi connectivity index (χ2v) is 3.55. The summed E-state index contributed by atoms with van der Waals surface area (Å²) < 4.78 is 0. The van der Waals surface area contributed by atoms with Gasteiger partial charge in [0.1, 0.15) is 6.54 Å². The van der Waals surface area contributed by atoms with Gasteiger partial charge in [0.15, 0.2) is 0 Å². The smallest absolute Gasteiger partial charge is 0.283 e. The van der Waals surface area contributed by atoms with E-state index in [1.165, 1.54) is 17.7 Å². The summed E-state index contributed by atoms with van der Waals surface area (Å²) >= 11 is 0. The summed E-state index contributed by atoms with van der Waals surface area (Å²) in [5, 5.41) is 16.9. The van der Waals surface area contributed by atoms with Crippen LogP contribution in [0.4, 0.5) is 0 Å². The lowest BCUT2D eigenvalue weighted by Gasteiger charge is -2.16. The molecule has 18 heavy (non-hydrogen) atoms. The first-order valence-corrected chi connectivity index (χ1v) is 4.93. The predicted molar refractivity (Wildman–Crippen MR) is 55.4 cm³/mol. The van der Waals surface area contributed by atoms with Crippen LogP contribution in [0.1, 0.15) is 20.7 Å². The Morgan fingerprint density at radius 1 is 1.22 bits per heavy atom. The van der Waals surface area contributed by atoms with E-state index in [2.05, 4.69) is 0 Å². The summed E-state index contributed by atoms with van der Waals surface area (Å²) in [7, 11) is 0. The lowest BCUT2D eigenvalue weighted by Crippen LogP contribution is -2.45. The van der Waals surface area contributed by atoms with Gasteiger partial charge >= 0.3 is 0 Å². The molecule has 1 aromatic rings. The molecule has 0 saturated heterocycles. The Hall–Kier alpha value is -2.29. The maximum absolute atomic E-state index is 11.8. The molecular formula is C10H9N3O5. The Balaban J connectivity index is 2.22. The normalized spacial score (nSPS) is 13.8. The average molecular weight is 251 g/mol. The molecule has 1 aliphatic rings. The fraction of sp³-hybridized carbons (Fsp3) is 0.100. The van der Waals surface area contributed by atoms with E-state index in [-0.39, 0.29) is 16.3 Å². The zero-order valence-corrected chi connectivity index (χ0v) is 9.03. The van der Waals surface area contributed by atoms with Gasteiger partial charge in [-0.2, -0.15) is 0 Å². The maximum Gasteiger partial charge on any atom is 0.283 e. The Morgan fingerprint density at radius 3 is 2.17 bits per heavy atom. The third-order valence-electron chi connectivity index (χ3n) is 2.50. The molecule has 94 valence electrons. The van der Waals surface area contributed by atoms with Gasteiger partial charge in [0, 0.05) is 0 Å². The number of imide groups is 1. The molecule has 2 rings (SSSR count). The van der Waals surface area contributed by atoms with Crippen molar-refractivity contribution >= 4 is 17.7 Å². The molecule has 0 aromatic heterocycles. The molecule has 0 fully saturated rings. The zero-order valence-electron chi connectivity index (χ0n) is 9.03. The van der Waals surface area contributed by atoms with Crippen LogP contribution in [0, 0.1) is 0 Å². The van der Waals surface area contributed by atoms with Gasteiger partial charge in [0.2, 0.25) is 0 Å². The van der Waals surface area contributed by atoms with E-state index < -0.39 is 24.3 Å². The minimum Gasteiger partial charge on any atom is -0.295 e. The van der Waals surface area contributed by atoms with Crippen molar-refractivity contribution in [2.45, 2.75) is 0 Å². The second kappa shape index (κ2) is 4.53. The number of carbonyl (C=O) groups is 3. The summed E-state index contributed by atoms with van der Waals surface area (Å²) in [5.74, 6) is -2.28. The maximum atomic E-state index is 11.8. The molecule has 0 spiro atoms. The number of hydroxylamine groups is 1. The van der Waals surface area contributed by atoms with E-state index in [0.717, 1.165) is 0 Å². The van der Waals surface area contributed by atoms with E-state index in [4.69, 9.17) is 10.4 Å². The van der Waals surface area contributed by atoms with Gasteiger partial charge in [0.25, 0.3) is 17.7 Å². The number of fused-ring (bicyclic) bond motifs is 1. The van der Waals surface area contributed by atoms with Gasteiger partial charge in [0.05, 0.1) is 11.1 Å². The minimum atomic E-state index is -1.05. The van der Waals surface area contributed by atoms with Crippen LogP contribution >= 0.6 is 0 Å². The quantitative estimate of drug-likeness (QED) is 0.375. The lowest BCUT2D eigenvalue weighted by molar-refractivity contribution is -0.218. The lowest BCUT2D eigenvalue weighted by atomic mass is 10.1. The molecule has 8 nitrogen and oxygen atoms in total. The Labute approximate surface area is 101 Å². The van der Waals surface area contributed by atoms with Crippen LogP contribution in [0.25, 0.3) is 0 Å². The van der Waals surface area contributed by atoms with Crippen molar-refractivity contribution in [1.29, 1.82) is 0 Å². The summed E-state index contributed by atoms with van der Waals surface area (Å²) in [4.78, 5) is 35.6. The number of amides is 3. The van der Waals surface area contributed by atoms with Crippen LogP contribution in [-0.4, -0.2) is 44.8 Å². The molecule has 1 aliphatic heterocycles. The van der Waals surface area contributed by atoms with Gasteiger partial charge in [-0.25, -0.2) is 0 Å². The fourth-order valence-electron chi connectivity index (χ4n) is 1.64. The SMILES string of the molecule is O=C(CN1C(=O)c2ccccc2C1=O)N(O)NO. The number of benzene rings is 1. The molecule has 3 N–H and O–H groups in total. The summed E-state index contributed by atoms with van der Waals surface area (Å²) in [5.41, 5.74) is 1.59. The summed E-state index contributed by atoms with van der Waals surface area (Å²) in [6, 6.07) is 6.15. The third-order valence-corrected chi connectivity index (χ3v) is 2.50. The molecule has 3 amide bonds. The molecule has 0 aliphatic carbocycles. The molecule has 0 radical (unpaired) electrons. The minimum absolute atomic E-state index is 0.205. The van der Waals surface area contributed by atoms with E-state index in [0.29, 0.717) is 4.90 Å². The van der Waals surface area contributed by atoms with Crippen molar-refractivity contribution in [3.63, 3.8) is 0 Å². The summed E-state index contributed by atoms with van der Waals surface area (Å²) in [6.45, 7) is -0.670. The zero-order chi connectivity index (χ0) is 13.3. The number of nitrogens with zero attached hydrogens (tertiary/aromatic N) is 2. The number of hydrogen-bond donors (Lipinski definition) is 3. The Morgan fingerprint density at radius 2 is 1.72 bits per heavy atom. The van der Waals surface area contributed by atoms with Crippen molar-refractivity contribution in [2.24, 2.45) is 0 Å². The van der Waals surface area contributed by atoms with Crippen molar-refractivity contribution in [3.8, 4) is 0 Å². The van der Waals surface area contributed by atoms with Crippen LogP contribution in [0.15, 0.2) is 24.3 Å². The third kappa shape index (κ3) is 1.84. The van der Waals surface area contributed by atoms with Gasteiger partial charge in [-0.15, -0.1) is 5.17 Å². The predicted octanol–water partition coefficient (Wildman–Crippen LogP) is -0.606. The molecular weight excluding hydrogens is 242 g/mol. The molecule has 0 unspecified atom stereocenters. The van der Waals surface area contributed by atoms with Crippen molar-refractivity contribution in [1.82, 2.24) is 15.7 Å². The highest BCUT2D eigenvalue weighted by Crippen LogP contribution is 2.21. The number of rotatable bonds is 3. The average Bonchev–Trinajstić information content (AvgIpc) is 2.63. The van der Waals surface area contributed by atoms with E-state index in [1.807, 2.05) is 0 Å². The molecule has 1 aromatic carbocycles. The monoisotopic (exact) mass is 251 g/mol.